The summed E-state index contributed by atoms with van der Waals surface area (Å²) in [5, 5.41) is 6.47. The lowest BCUT2D eigenvalue weighted by atomic mass is 10.1. The van der Waals surface area contributed by atoms with Crippen LogP contribution < -0.4 is 10.6 Å². The molecule has 0 bridgehead atoms. The summed E-state index contributed by atoms with van der Waals surface area (Å²) in [5.41, 5.74) is 1.01. The number of hydrogen-bond acceptors (Lipinski definition) is 3. The molecule has 1 amide bonds. The molecule has 0 spiro atoms. The SMILES string of the molecule is CCCC(CCNC(=O)OCc1ccccc1)NC1CC1. The fraction of sp³-hybridized carbons (Fsp3) is 0.588. The predicted molar refractivity (Wildman–Crippen MR) is 84.1 cm³/mol. The van der Waals surface area contributed by atoms with E-state index in [1.165, 1.54) is 19.3 Å². The highest BCUT2D eigenvalue weighted by molar-refractivity contribution is 5.67. The van der Waals surface area contributed by atoms with Crippen LogP contribution in [0.3, 0.4) is 0 Å². The van der Waals surface area contributed by atoms with Crippen LogP contribution in [0.25, 0.3) is 0 Å². The number of rotatable bonds is 9. The van der Waals surface area contributed by atoms with Crippen molar-refractivity contribution in [1.29, 1.82) is 0 Å². The van der Waals surface area contributed by atoms with Gasteiger partial charge in [0, 0.05) is 18.6 Å². The number of alkyl carbamates (subject to hydrolysis) is 1. The fourth-order valence-corrected chi connectivity index (χ4v) is 2.37. The summed E-state index contributed by atoms with van der Waals surface area (Å²) in [7, 11) is 0. The monoisotopic (exact) mass is 290 g/mol. The minimum Gasteiger partial charge on any atom is -0.445 e. The van der Waals surface area contributed by atoms with Crippen LogP contribution in [0.4, 0.5) is 4.79 Å². The van der Waals surface area contributed by atoms with Crippen molar-refractivity contribution >= 4 is 6.09 Å². The molecule has 1 aliphatic rings. The van der Waals surface area contributed by atoms with Gasteiger partial charge in [-0.25, -0.2) is 4.79 Å². The van der Waals surface area contributed by atoms with Gasteiger partial charge in [-0.05, 0) is 31.2 Å². The maximum Gasteiger partial charge on any atom is 0.407 e. The van der Waals surface area contributed by atoms with Crippen LogP contribution in [0.15, 0.2) is 30.3 Å². The Morgan fingerprint density at radius 3 is 2.71 bits per heavy atom. The van der Waals surface area contributed by atoms with Crippen LogP contribution in [0.5, 0.6) is 0 Å². The van der Waals surface area contributed by atoms with E-state index in [-0.39, 0.29) is 6.09 Å². The summed E-state index contributed by atoms with van der Waals surface area (Å²) < 4.78 is 5.19. The van der Waals surface area contributed by atoms with Crippen LogP contribution >= 0.6 is 0 Å². The molecule has 1 atom stereocenters. The zero-order chi connectivity index (χ0) is 14.9. The Bertz CT molecular complexity index is 418. The number of amides is 1. The molecular weight excluding hydrogens is 264 g/mol. The molecule has 1 aromatic carbocycles. The lowest BCUT2D eigenvalue weighted by Crippen LogP contribution is -2.35. The highest BCUT2D eigenvalue weighted by Gasteiger charge is 2.23. The molecule has 0 heterocycles. The highest BCUT2D eigenvalue weighted by atomic mass is 16.5. The molecule has 4 nitrogen and oxygen atoms in total. The molecule has 1 aliphatic carbocycles. The van der Waals surface area contributed by atoms with E-state index in [9.17, 15) is 4.79 Å². The van der Waals surface area contributed by atoms with Gasteiger partial charge in [0.05, 0.1) is 0 Å². The van der Waals surface area contributed by atoms with Gasteiger partial charge < -0.3 is 15.4 Å². The summed E-state index contributed by atoms with van der Waals surface area (Å²) in [5.74, 6) is 0. The average Bonchev–Trinajstić information content (AvgIpc) is 3.30. The standard InChI is InChI=1S/C17H26N2O2/c1-2-6-15(19-16-9-10-16)11-12-18-17(20)21-13-14-7-4-3-5-8-14/h3-5,7-8,15-16,19H,2,6,9-13H2,1H3,(H,18,20). The van der Waals surface area contributed by atoms with Crippen molar-refractivity contribution in [2.45, 2.75) is 57.7 Å². The Morgan fingerprint density at radius 1 is 1.29 bits per heavy atom. The highest BCUT2D eigenvalue weighted by Crippen LogP contribution is 2.20. The molecule has 1 fully saturated rings. The van der Waals surface area contributed by atoms with Crippen molar-refractivity contribution in [2.24, 2.45) is 0 Å². The van der Waals surface area contributed by atoms with E-state index >= 15 is 0 Å². The van der Waals surface area contributed by atoms with Gasteiger partial charge in [-0.3, -0.25) is 0 Å². The lowest BCUT2D eigenvalue weighted by Gasteiger charge is -2.18. The lowest BCUT2D eigenvalue weighted by molar-refractivity contribution is 0.139. The number of benzene rings is 1. The average molecular weight is 290 g/mol. The minimum atomic E-state index is -0.333. The molecule has 0 saturated heterocycles. The first-order valence-electron chi connectivity index (χ1n) is 7.98. The maximum absolute atomic E-state index is 11.6. The molecule has 1 saturated carbocycles. The third kappa shape index (κ3) is 6.63. The Labute approximate surface area is 127 Å². The molecule has 1 aromatic rings. The molecule has 21 heavy (non-hydrogen) atoms. The van der Waals surface area contributed by atoms with E-state index in [0.717, 1.165) is 18.4 Å². The van der Waals surface area contributed by atoms with E-state index < -0.39 is 0 Å². The van der Waals surface area contributed by atoms with E-state index in [1.54, 1.807) is 0 Å². The molecule has 2 N–H and O–H groups in total. The molecule has 2 rings (SSSR count). The normalized spacial score (nSPS) is 15.5. The van der Waals surface area contributed by atoms with Gasteiger partial charge in [-0.15, -0.1) is 0 Å². The first-order chi connectivity index (χ1) is 10.3. The van der Waals surface area contributed by atoms with E-state index in [0.29, 0.717) is 25.2 Å². The summed E-state index contributed by atoms with van der Waals surface area (Å²) in [4.78, 5) is 11.6. The Kier molecular flexibility index (Phi) is 6.54. The van der Waals surface area contributed by atoms with Crippen molar-refractivity contribution in [3.8, 4) is 0 Å². The van der Waals surface area contributed by atoms with Crippen LogP contribution in [-0.2, 0) is 11.3 Å². The third-order valence-electron chi connectivity index (χ3n) is 3.66. The van der Waals surface area contributed by atoms with E-state index in [1.807, 2.05) is 30.3 Å². The Balaban J connectivity index is 1.59. The largest absolute Gasteiger partial charge is 0.445 e. The summed E-state index contributed by atoms with van der Waals surface area (Å²) in [6, 6.07) is 11.0. The second-order valence-corrected chi connectivity index (χ2v) is 5.70. The quantitative estimate of drug-likeness (QED) is 0.734. The van der Waals surface area contributed by atoms with Crippen LogP contribution in [0.2, 0.25) is 0 Å². The minimum absolute atomic E-state index is 0.325. The van der Waals surface area contributed by atoms with Gasteiger partial charge in [-0.2, -0.15) is 0 Å². The first-order valence-corrected chi connectivity index (χ1v) is 7.98. The molecule has 0 aromatic heterocycles. The number of carbonyl (C=O) groups is 1. The van der Waals surface area contributed by atoms with Crippen molar-refractivity contribution in [1.82, 2.24) is 10.6 Å². The zero-order valence-corrected chi connectivity index (χ0v) is 12.8. The Hall–Kier alpha value is -1.55. The second kappa shape index (κ2) is 8.67. The molecule has 0 radical (unpaired) electrons. The van der Waals surface area contributed by atoms with Crippen molar-refractivity contribution in [2.75, 3.05) is 6.54 Å². The predicted octanol–water partition coefficient (Wildman–Crippen LogP) is 3.22. The second-order valence-electron chi connectivity index (χ2n) is 5.70. The van der Waals surface area contributed by atoms with Crippen LogP contribution in [-0.4, -0.2) is 24.7 Å². The van der Waals surface area contributed by atoms with Gasteiger partial charge >= 0.3 is 6.09 Å². The third-order valence-corrected chi connectivity index (χ3v) is 3.66. The number of carbonyl (C=O) groups excluding carboxylic acids is 1. The summed E-state index contributed by atoms with van der Waals surface area (Å²) in [6.45, 7) is 3.19. The maximum atomic E-state index is 11.6. The van der Waals surface area contributed by atoms with Gasteiger partial charge in [0.1, 0.15) is 6.61 Å². The topological polar surface area (TPSA) is 50.4 Å². The number of hydrogen-bond donors (Lipinski definition) is 2. The smallest absolute Gasteiger partial charge is 0.407 e. The molecule has 4 heteroatoms. The molecular formula is C17H26N2O2. The van der Waals surface area contributed by atoms with Crippen molar-refractivity contribution < 1.29 is 9.53 Å². The molecule has 1 unspecified atom stereocenters. The van der Waals surface area contributed by atoms with Crippen molar-refractivity contribution in [3.63, 3.8) is 0 Å². The van der Waals surface area contributed by atoms with Crippen molar-refractivity contribution in [3.05, 3.63) is 35.9 Å². The Morgan fingerprint density at radius 2 is 2.05 bits per heavy atom. The van der Waals surface area contributed by atoms with Gasteiger partial charge in [0.15, 0.2) is 0 Å². The molecule has 0 aliphatic heterocycles. The van der Waals surface area contributed by atoms with Crippen LogP contribution in [0, 0.1) is 0 Å². The summed E-state index contributed by atoms with van der Waals surface area (Å²) in [6.07, 6.45) is 5.56. The van der Waals surface area contributed by atoms with E-state index in [2.05, 4.69) is 17.6 Å². The van der Waals surface area contributed by atoms with Gasteiger partial charge in [0.25, 0.3) is 0 Å². The molecule has 116 valence electrons. The number of nitrogens with one attached hydrogen (secondary N) is 2. The van der Waals surface area contributed by atoms with Gasteiger partial charge in [-0.1, -0.05) is 43.7 Å². The van der Waals surface area contributed by atoms with Crippen LogP contribution in [0.1, 0.15) is 44.6 Å². The zero-order valence-electron chi connectivity index (χ0n) is 12.8. The first kappa shape index (κ1) is 15.8. The van der Waals surface area contributed by atoms with E-state index in [4.69, 9.17) is 4.74 Å². The fourth-order valence-electron chi connectivity index (χ4n) is 2.37. The number of ether oxygens (including phenoxy) is 1. The van der Waals surface area contributed by atoms with Gasteiger partial charge in [0.2, 0.25) is 0 Å². The summed E-state index contributed by atoms with van der Waals surface area (Å²) >= 11 is 0.